The highest BCUT2D eigenvalue weighted by Gasteiger charge is 2.36. The minimum absolute atomic E-state index is 0.104. The number of rotatable bonds is 3. The van der Waals surface area contributed by atoms with Gasteiger partial charge in [-0.05, 0) is 35.4 Å². The van der Waals surface area contributed by atoms with Crippen LogP contribution in [0.4, 0.5) is 0 Å². The molecular weight excluding hydrogens is 346 g/mol. The predicted molar refractivity (Wildman–Crippen MR) is 102 cm³/mol. The summed E-state index contributed by atoms with van der Waals surface area (Å²) in [6, 6.07) is 21.9. The van der Waals surface area contributed by atoms with Crippen LogP contribution in [-0.4, -0.2) is 37.6 Å². The summed E-state index contributed by atoms with van der Waals surface area (Å²) >= 11 is 0. The van der Waals surface area contributed by atoms with Crippen molar-refractivity contribution in [2.75, 3.05) is 13.1 Å². The van der Waals surface area contributed by atoms with Crippen molar-refractivity contribution >= 4 is 26.5 Å². The largest absolute Gasteiger partial charge is 0.337 e. The molecule has 1 aliphatic heterocycles. The van der Waals surface area contributed by atoms with Crippen LogP contribution in [0.25, 0.3) is 10.8 Å². The van der Waals surface area contributed by atoms with Crippen molar-refractivity contribution in [1.29, 1.82) is 0 Å². The van der Waals surface area contributed by atoms with E-state index in [9.17, 15) is 13.2 Å². The van der Waals surface area contributed by atoms with Crippen LogP contribution in [0.2, 0.25) is 0 Å². The van der Waals surface area contributed by atoms with Gasteiger partial charge in [0.1, 0.15) is 0 Å². The third-order valence-corrected chi connectivity index (χ3v) is 7.15. The summed E-state index contributed by atoms with van der Waals surface area (Å²) in [6.07, 6.45) is 0.466. The number of carbonyl (C=O) groups is 1. The highest BCUT2D eigenvalue weighted by Crippen LogP contribution is 2.26. The molecule has 1 unspecified atom stereocenters. The molecule has 1 amide bonds. The van der Waals surface area contributed by atoms with E-state index in [1.54, 1.807) is 35.2 Å². The van der Waals surface area contributed by atoms with Crippen LogP contribution in [0.15, 0.2) is 77.7 Å². The summed E-state index contributed by atoms with van der Waals surface area (Å²) in [6.45, 7) is 0.693. The van der Waals surface area contributed by atoms with Gasteiger partial charge in [0.25, 0.3) is 5.91 Å². The summed E-state index contributed by atoms with van der Waals surface area (Å²) in [5.41, 5.74) is 0.626. The van der Waals surface area contributed by atoms with E-state index < -0.39 is 15.1 Å². The van der Waals surface area contributed by atoms with E-state index in [0.29, 0.717) is 23.4 Å². The molecule has 0 saturated carbocycles. The van der Waals surface area contributed by atoms with Crippen molar-refractivity contribution in [2.45, 2.75) is 16.6 Å². The number of nitrogens with zero attached hydrogens (tertiary/aromatic N) is 1. The maximum absolute atomic E-state index is 13.0. The molecule has 1 saturated heterocycles. The van der Waals surface area contributed by atoms with Gasteiger partial charge in [0, 0.05) is 18.7 Å². The Hall–Kier alpha value is -2.66. The zero-order valence-electron chi connectivity index (χ0n) is 14.2. The Kier molecular flexibility index (Phi) is 4.24. The highest BCUT2D eigenvalue weighted by molar-refractivity contribution is 7.92. The van der Waals surface area contributed by atoms with Crippen LogP contribution >= 0.6 is 0 Å². The predicted octanol–water partition coefficient (Wildman–Crippen LogP) is 3.53. The zero-order valence-corrected chi connectivity index (χ0v) is 15.0. The van der Waals surface area contributed by atoms with Crippen molar-refractivity contribution < 1.29 is 13.2 Å². The monoisotopic (exact) mass is 365 g/mol. The molecule has 1 heterocycles. The maximum Gasteiger partial charge on any atom is 0.254 e. The van der Waals surface area contributed by atoms with Gasteiger partial charge in [-0.25, -0.2) is 8.42 Å². The van der Waals surface area contributed by atoms with Crippen LogP contribution < -0.4 is 0 Å². The molecule has 4 rings (SSSR count). The average Bonchev–Trinajstić information content (AvgIpc) is 3.19. The lowest BCUT2D eigenvalue weighted by molar-refractivity contribution is 0.0795. The zero-order chi connectivity index (χ0) is 18.1. The molecule has 26 heavy (non-hydrogen) atoms. The lowest BCUT2D eigenvalue weighted by atomic mass is 10.0. The fourth-order valence-corrected chi connectivity index (χ4v) is 5.26. The van der Waals surface area contributed by atoms with E-state index in [1.807, 2.05) is 42.5 Å². The minimum atomic E-state index is -3.42. The van der Waals surface area contributed by atoms with Crippen LogP contribution in [0, 0.1) is 0 Å². The summed E-state index contributed by atoms with van der Waals surface area (Å²) in [5.74, 6) is -0.104. The summed E-state index contributed by atoms with van der Waals surface area (Å²) < 4.78 is 25.6. The van der Waals surface area contributed by atoms with Gasteiger partial charge in [0.2, 0.25) is 0 Å². The van der Waals surface area contributed by atoms with Gasteiger partial charge in [0.05, 0.1) is 10.1 Å². The van der Waals surface area contributed by atoms with Gasteiger partial charge in [-0.1, -0.05) is 54.6 Å². The third-order valence-electron chi connectivity index (χ3n) is 4.96. The second-order valence-electron chi connectivity index (χ2n) is 6.55. The van der Waals surface area contributed by atoms with Crippen molar-refractivity contribution in [3.8, 4) is 0 Å². The van der Waals surface area contributed by atoms with E-state index in [0.717, 1.165) is 10.8 Å². The molecule has 1 atom stereocenters. The first-order chi connectivity index (χ1) is 12.6. The fourth-order valence-electron chi connectivity index (χ4n) is 3.55. The van der Waals surface area contributed by atoms with Crippen LogP contribution in [0.3, 0.4) is 0 Å². The summed E-state index contributed by atoms with van der Waals surface area (Å²) in [4.78, 5) is 15.0. The molecule has 0 N–H and O–H groups in total. The lowest BCUT2D eigenvalue weighted by Gasteiger charge is -2.18. The molecular formula is C21H19NO3S. The van der Waals surface area contributed by atoms with Gasteiger partial charge in [-0.15, -0.1) is 0 Å². The highest BCUT2D eigenvalue weighted by atomic mass is 32.2. The Balaban J connectivity index is 1.60. The number of amides is 1. The topological polar surface area (TPSA) is 54.5 Å². The number of benzene rings is 3. The van der Waals surface area contributed by atoms with Crippen molar-refractivity contribution in [2.24, 2.45) is 0 Å². The van der Waals surface area contributed by atoms with E-state index in [2.05, 4.69) is 0 Å². The molecule has 1 aliphatic rings. The Bertz CT molecular complexity index is 1060. The minimum Gasteiger partial charge on any atom is -0.337 e. The molecule has 4 nitrogen and oxygen atoms in total. The Labute approximate surface area is 153 Å². The molecule has 3 aromatic carbocycles. The Morgan fingerprint density at radius 1 is 0.885 bits per heavy atom. The molecule has 132 valence electrons. The van der Waals surface area contributed by atoms with Gasteiger partial charge < -0.3 is 4.90 Å². The van der Waals surface area contributed by atoms with Gasteiger partial charge >= 0.3 is 0 Å². The average molecular weight is 365 g/mol. The van der Waals surface area contributed by atoms with Crippen molar-refractivity contribution in [3.63, 3.8) is 0 Å². The molecule has 0 aliphatic carbocycles. The quantitative estimate of drug-likeness (QED) is 0.713. The van der Waals surface area contributed by atoms with Gasteiger partial charge in [0.15, 0.2) is 9.84 Å². The first-order valence-electron chi connectivity index (χ1n) is 8.63. The van der Waals surface area contributed by atoms with Crippen LogP contribution in [-0.2, 0) is 9.84 Å². The molecule has 0 spiro atoms. The molecule has 0 radical (unpaired) electrons. The summed E-state index contributed by atoms with van der Waals surface area (Å²) in [5, 5.41) is 1.35. The SMILES string of the molecule is O=C(c1cccc2ccccc12)N1CCC(S(=O)(=O)c2ccccc2)C1. The molecule has 0 bridgehead atoms. The lowest BCUT2D eigenvalue weighted by Crippen LogP contribution is -2.32. The number of carbonyl (C=O) groups excluding carboxylic acids is 1. The number of sulfone groups is 1. The van der Waals surface area contributed by atoms with E-state index >= 15 is 0 Å². The Morgan fingerprint density at radius 2 is 1.58 bits per heavy atom. The number of hydrogen-bond acceptors (Lipinski definition) is 3. The number of likely N-dealkylation sites (tertiary alicyclic amines) is 1. The first kappa shape index (κ1) is 16.8. The van der Waals surface area contributed by atoms with Crippen molar-refractivity contribution in [3.05, 3.63) is 78.4 Å². The standard InChI is InChI=1S/C21H19NO3S/c23-21(20-12-6-8-16-7-4-5-11-19(16)20)22-14-13-18(15-22)26(24,25)17-9-2-1-3-10-17/h1-12,18H,13-15H2. The molecule has 5 heteroatoms. The summed E-state index contributed by atoms with van der Waals surface area (Å²) in [7, 11) is -3.42. The van der Waals surface area contributed by atoms with E-state index in [4.69, 9.17) is 0 Å². The van der Waals surface area contributed by atoms with Gasteiger partial charge in [-0.2, -0.15) is 0 Å². The van der Waals surface area contributed by atoms with E-state index in [1.165, 1.54) is 0 Å². The molecule has 3 aromatic rings. The maximum atomic E-state index is 13.0. The smallest absolute Gasteiger partial charge is 0.254 e. The Morgan fingerprint density at radius 3 is 2.38 bits per heavy atom. The molecule has 0 aromatic heterocycles. The van der Waals surface area contributed by atoms with Crippen LogP contribution in [0.5, 0.6) is 0 Å². The van der Waals surface area contributed by atoms with E-state index in [-0.39, 0.29) is 12.5 Å². The molecule has 1 fully saturated rings. The number of fused-ring (bicyclic) bond motifs is 1. The fraction of sp³-hybridized carbons (Fsp3) is 0.190. The normalized spacial score (nSPS) is 17.5. The second-order valence-corrected chi connectivity index (χ2v) is 8.77. The first-order valence-corrected chi connectivity index (χ1v) is 10.2. The van der Waals surface area contributed by atoms with Crippen molar-refractivity contribution in [1.82, 2.24) is 4.90 Å². The van der Waals surface area contributed by atoms with Crippen LogP contribution in [0.1, 0.15) is 16.8 Å². The van der Waals surface area contributed by atoms with Gasteiger partial charge in [-0.3, -0.25) is 4.79 Å². The third kappa shape index (κ3) is 2.88. The number of hydrogen-bond donors (Lipinski definition) is 0. The second kappa shape index (κ2) is 6.57.